The fraction of sp³-hybridized carbons (Fsp3) is 0.429. The van der Waals surface area contributed by atoms with E-state index < -0.39 is 0 Å². The topological polar surface area (TPSA) is 82.9 Å². The molecule has 9 heteroatoms. The van der Waals surface area contributed by atoms with Crippen LogP contribution in [0.4, 0.5) is 0 Å². The first-order valence-electron chi connectivity index (χ1n) is 13.2. The Labute approximate surface area is 223 Å². The molecule has 198 valence electrons. The zero-order chi connectivity index (χ0) is 26.0. The van der Waals surface area contributed by atoms with E-state index in [0.717, 1.165) is 83.9 Å². The number of hydrogen-bond acceptors (Lipinski definition) is 7. The molecule has 3 N–H and O–H groups in total. The zero-order valence-electron chi connectivity index (χ0n) is 22.0. The summed E-state index contributed by atoms with van der Waals surface area (Å²) in [5.41, 5.74) is 10.6. The summed E-state index contributed by atoms with van der Waals surface area (Å²) in [4.78, 5) is 18.5. The summed E-state index contributed by atoms with van der Waals surface area (Å²) in [5, 5.41) is 5.15. The van der Waals surface area contributed by atoms with Crippen molar-refractivity contribution in [1.82, 2.24) is 30.7 Å². The van der Waals surface area contributed by atoms with Crippen LogP contribution in [0.3, 0.4) is 0 Å². The number of nitrogens with zero attached hydrogens (tertiary/aromatic N) is 3. The van der Waals surface area contributed by atoms with Crippen molar-refractivity contribution in [2.24, 2.45) is 0 Å². The molecule has 0 aliphatic carbocycles. The van der Waals surface area contributed by atoms with Gasteiger partial charge in [0.1, 0.15) is 5.75 Å². The maximum Gasteiger partial charge on any atom is 0.251 e. The Hall–Kier alpha value is -2.98. The number of amides is 1. The molecule has 0 saturated heterocycles. The van der Waals surface area contributed by atoms with Crippen LogP contribution in [0, 0.1) is 0 Å². The number of ether oxygens (including phenoxy) is 1. The van der Waals surface area contributed by atoms with Gasteiger partial charge >= 0.3 is 0 Å². The van der Waals surface area contributed by atoms with E-state index in [0.29, 0.717) is 12.1 Å². The van der Waals surface area contributed by atoms with E-state index in [1.807, 2.05) is 48.7 Å². The number of nitrogens with one attached hydrogen (secondary N) is 3. The Morgan fingerprint density at radius 2 is 1.73 bits per heavy atom. The maximum absolute atomic E-state index is 12.8. The highest BCUT2D eigenvalue weighted by Gasteiger charge is 2.13. The Bertz CT molecular complexity index is 1270. The molecular formula is C28H38N6O2S. The molecule has 0 bridgehead atoms. The summed E-state index contributed by atoms with van der Waals surface area (Å²) >= 11 is 1.59. The van der Waals surface area contributed by atoms with Gasteiger partial charge in [-0.05, 0) is 61.7 Å². The Kier molecular flexibility index (Phi) is 9.90. The molecule has 2 aromatic heterocycles. The molecule has 0 aliphatic rings. The number of hydrogen-bond donors (Lipinski definition) is 3. The molecule has 0 aliphatic heterocycles. The van der Waals surface area contributed by atoms with E-state index in [1.165, 1.54) is 0 Å². The van der Waals surface area contributed by atoms with Gasteiger partial charge in [0.15, 0.2) is 4.96 Å². The van der Waals surface area contributed by atoms with Gasteiger partial charge in [-0.1, -0.05) is 38.0 Å². The Morgan fingerprint density at radius 1 is 1.00 bits per heavy atom. The molecule has 2 heterocycles. The van der Waals surface area contributed by atoms with Crippen LogP contribution in [0.5, 0.6) is 5.75 Å². The van der Waals surface area contributed by atoms with Crippen molar-refractivity contribution in [3.63, 3.8) is 0 Å². The second-order valence-electron chi connectivity index (χ2n) is 9.08. The maximum atomic E-state index is 12.8. The van der Waals surface area contributed by atoms with E-state index in [4.69, 9.17) is 9.72 Å². The van der Waals surface area contributed by atoms with Crippen molar-refractivity contribution in [3.05, 3.63) is 54.2 Å². The van der Waals surface area contributed by atoms with Crippen LogP contribution < -0.4 is 20.9 Å². The summed E-state index contributed by atoms with van der Waals surface area (Å²) < 4.78 is 8.38. The van der Waals surface area contributed by atoms with Crippen LogP contribution in [-0.4, -0.2) is 53.7 Å². The van der Waals surface area contributed by atoms with Crippen molar-refractivity contribution < 1.29 is 9.53 Å². The fourth-order valence-corrected chi connectivity index (χ4v) is 5.13. The van der Waals surface area contributed by atoms with Gasteiger partial charge in [-0.25, -0.2) is 15.8 Å². The van der Waals surface area contributed by atoms with E-state index >= 15 is 0 Å². The second-order valence-corrected chi connectivity index (χ2v) is 10.1. The number of unbranched alkanes of at least 4 members (excludes halogenated alkanes) is 2. The largest absolute Gasteiger partial charge is 0.497 e. The molecule has 4 aromatic rings. The van der Waals surface area contributed by atoms with Gasteiger partial charge in [0.25, 0.3) is 5.91 Å². The number of rotatable bonds is 15. The van der Waals surface area contributed by atoms with Crippen LogP contribution in [0.25, 0.3) is 26.4 Å². The predicted octanol–water partition coefficient (Wildman–Crippen LogP) is 5.26. The molecule has 1 amide bonds. The van der Waals surface area contributed by atoms with Crippen LogP contribution in [0.2, 0.25) is 0 Å². The van der Waals surface area contributed by atoms with Crippen LogP contribution in [0.15, 0.2) is 48.7 Å². The first kappa shape index (κ1) is 27.1. The number of thiazole rings is 1. The van der Waals surface area contributed by atoms with Gasteiger partial charge in [-0.2, -0.15) is 5.12 Å². The first-order chi connectivity index (χ1) is 18.1. The number of benzene rings is 2. The summed E-state index contributed by atoms with van der Waals surface area (Å²) in [6.07, 6.45) is 7.51. The highest BCUT2D eigenvalue weighted by molar-refractivity contribution is 7.23. The number of carbonyl (C=O) groups is 1. The van der Waals surface area contributed by atoms with Crippen molar-refractivity contribution in [1.29, 1.82) is 0 Å². The highest BCUT2D eigenvalue weighted by Crippen LogP contribution is 2.30. The minimum absolute atomic E-state index is 0.0451. The van der Waals surface area contributed by atoms with E-state index in [-0.39, 0.29) is 5.91 Å². The molecular weight excluding hydrogens is 484 g/mol. The number of fused-ring (bicyclic) bond motifs is 3. The van der Waals surface area contributed by atoms with E-state index in [9.17, 15) is 4.79 Å². The van der Waals surface area contributed by atoms with E-state index in [2.05, 4.69) is 39.5 Å². The molecule has 2 aromatic carbocycles. The van der Waals surface area contributed by atoms with Gasteiger partial charge in [-0.3, -0.25) is 9.20 Å². The molecule has 0 atom stereocenters. The third-order valence-electron chi connectivity index (χ3n) is 6.25. The summed E-state index contributed by atoms with van der Waals surface area (Å²) in [6, 6.07) is 13.8. The number of carbonyl (C=O) groups excluding carboxylic acids is 1. The molecule has 0 radical (unpaired) electrons. The van der Waals surface area contributed by atoms with Crippen molar-refractivity contribution >= 4 is 32.4 Å². The minimum atomic E-state index is -0.0451. The highest BCUT2D eigenvalue weighted by atomic mass is 32.1. The summed E-state index contributed by atoms with van der Waals surface area (Å²) in [6.45, 7) is 7.73. The lowest BCUT2D eigenvalue weighted by atomic mass is 10.1. The van der Waals surface area contributed by atoms with Gasteiger partial charge in [0.2, 0.25) is 0 Å². The lowest BCUT2D eigenvalue weighted by molar-refractivity contribution is 0.0933. The normalized spacial score (nSPS) is 11.6. The van der Waals surface area contributed by atoms with Gasteiger partial charge in [-0.15, -0.1) is 0 Å². The Balaban J connectivity index is 1.33. The first-order valence-corrected chi connectivity index (χ1v) is 14.0. The molecule has 0 saturated carbocycles. The number of hydrazine groups is 2. The second kappa shape index (κ2) is 13.5. The third kappa shape index (κ3) is 7.07. The quantitative estimate of drug-likeness (QED) is 0.146. The standard InChI is InChI=1S/C28H38N6O2S/c1-4-6-16-30-34(31-17-7-5-2)18-8-15-29-27(35)22-11-14-25-26(19-22)37-28-32-24(20-33(25)28)21-9-12-23(36-3)13-10-21/h9-14,19-20,30-31H,4-8,15-18H2,1-3H3,(H,29,35). The van der Waals surface area contributed by atoms with Gasteiger partial charge < -0.3 is 10.1 Å². The number of methoxy groups -OCH3 is 1. The van der Waals surface area contributed by atoms with Crippen molar-refractivity contribution in [2.75, 3.05) is 33.3 Å². The van der Waals surface area contributed by atoms with E-state index in [1.54, 1.807) is 18.4 Å². The minimum Gasteiger partial charge on any atom is -0.497 e. The summed E-state index contributed by atoms with van der Waals surface area (Å²) in [7, 11) is 1.66. The average Bonchev–Trinajstić information content (AvgIpc) is 3.48. The molecule has 8 nitrogen and oxygen atoms in total. The predicted molar refractivity (Wildman–Crippen MR) is 152 cm³/mol. The molecule has 4 rings (SSSR count). The summed E-state index contributed by atoms with van der Waals surface area (Å²) in [5.74, 6) is 0.780. The zero-order valence-corrected chi connectivity index (χ0v) is 22.9. The van der Waals surface area contributed by atoms with Crippen molar-refractivity contribution in [2.45, 2.75) is 46.0 Å². The van der Waals surface area contributed by atoms with Crippen LogP contribution in [-0.2, 0) is 0 Å². The van der Waals surface area contributed by atoms with Crippen LogP contribution in [0.1, 0.15) is 56.3 Å². The SMILES string of the molecule is CCCCNN(CCCNC(=O)c1ccc2c(c1)sc1nc(-c3ccc(OC)cc3)cn12)NCCCC. The fourth-order valence-electron chi connectivity index (χ4n) is 4.08. The smallest absolute Gasteiger partial charge is 0.251 e. The Morgan fingerprint density at radius 3 is 2.41 bits per heavy atom. The average molecular weight is 523 g/mol. The monoisotopic (exact) mass is 522 g/mol. The number of aromatic nitrogens is 2. The molecule has 0 spiro atoms. The molecule has 0 unspecified atom stereocenters. The van der Waals surface area contributed by atoms with Crippen molar-refractivity contribution in [3.8, 4) is 17.0 Å². The van der Waals surface area contributed by atoms with Gasteiger partial charge in [0, 0.05) is 43.5 Å². The number of imidazole rings is 1. The third-order valence-corrected chi connectivity index (χ3v) is 7.27. The van der Waals surface area contributed by atoms with Gasteiger partial charge in [0.05, 0.1) is 23.0 Å². The molecule has 0 fully saturated rings. The lowest BCUT2D eigenvalue weighted by Crippen LogP contribution is -2.49. The van der Waals surface area contributed by atoms with Crippen LogP contribution >= 0.6 is 11.3 Å². The lowest BCUT2D eigenvalue weighted by Gasteiger charge is -2.24. The molecule has 37 heavy (non-hydrogen) atoms.